The van der Waals surface area contributed by atoms with E-state index in [1.165, 1.54) is 12.1 Å². The van der Waals surface area contributed by atoms with Crippen molar-refractivity contribution >= 4 is 0 Å². The molecule has 1 aromatic rings. The molecule has 0 radical (unpaired) electrons. The molecule has 0 spiro atoms. The third kappa shape index (κ3) is 4.93. The molecular weight excluding hydrogens is 287 g/mol. The average Bonchev–Trinajstić information content (AvgIpc) is 2.55. The summed E-state index contributed by atoms with van der Waals surface area (Å²) >= 11 is 0. The summed E-state index contributed by atoms with van der Waals surface area (Å²) in [5.41, 5.74) is 0.769. The van der Waals surface area contributed by atoms with E-state index in [0.29, 0.717) is 19.0 Å². The molecule has 1 heterocycles. The minimum absolute atomic E-state index is 0.161. The highest BCUT2D eigenvalue weighted by atomic mass is 19.1. The average molecular weight is 312 g/mol. The molecule has 0 unspecified atom stereocenters. The topological polar surface area (TPSA) is 36.9 Å². The fourth-order valence-electron chi connectivity index (χ4n) is 2.57. The zero-order chi connectivity index (χ0) is 15.8. The van der Waals surface area contributed by atoms with Gasteiger partial charge in [0.05, 0.1) is 18.8 Å². The highest BCUT2D eigenvalue weighted by molar-refractivity contribution is 5.36. The van der Waals surface area contributed by atoms with E-state index < -0.39 is 0 Å². The third-order valence-corrected chi connectivity index (χ3v) is 3.76. The van der Waals surface area contributed by atoms with E-state index in [4.69, 9.17) is 18.9 Å². The van der Waals surface area contributed by atoms with Gasteiger partial charge in [0.1, 0.15) is 18.2 Å². The molecule has 0 saturated carbocycles. The van der Waals surface area contributed by atoms with Crippen molar-refractivity contribution < 1.29 is 23.3 Å². The minimum atomic E-state index is -0.275. The standard InChI is InChI=1S/C17H25FO4/c1-3-16(22-14-6-8-20-9-7-14)15-12-13(18)4-5-17(15)21-11-10-19-2/h4-5,12,14,16H,3,6-11H2,1-2H3/t16-/m0/s1. The summed E-state index contributed by atoms with van der Waals surface area (Å²) in [6, 6.07) is 4.58. The lowest BCUT2D eigenvalue weighted by molar-refractivity contribution is -0.0715. The first-order valence-corrected chi connectivity index (χ1v) is 7.89. The van der Waals surface area contributed by atoms with Crippen molar-refractivity contribution in [2.45, 2.75) is 38.4 Å². The lowest BCUT2D eigenvalue weighted by Crippen LogP contribution is -2.25. The Hall–Kier alpha value is -1.17. The first-order valence-electron chi connectivity index (χ1n) is 7.89. The van der Waals surface area contributed by atoms with E-state index in [1.807, 2.05) is 6.92 Å². The van der Waals surface area contributed by atoms with Gasteiger partial charge >= 0.3 is 0 Å². The summed E-state index contributed by atoms with van der Waals surface area (Å²) in [5.74, 6) is 0.389. The maximum atomic E-state index is 13.7. The second-order valence-electron chi connectivity index (χ2n) is 5.37. The third-order valence-electron chi connectivity index (χ3n) is 3.76. The van der Waals surface area contributed by atoms with Crippen molar-refractivity contribution in [3.05, 3.63) is 29.6 Å². The zero-order valence-electron chi connectivity index (χ0n) is 13.3. The van der Waals surface area contributed by atoms with Gasteiger partial charge in [0.25, 0.3) is 0 Å². The highest BCUT2D eigenvalue weighted by Gasteiger charge is 2.22. The predicted octanol–water partition coefficient (Wildman–Crippen LogP) is 3.50. The Kier molecular flexibility index (Phi) is 7.09. The van der Waals surface area contributed by atoms with Gasteiger partial charge in [-0.1, -0.05) is 6.92 Å². The molecule has 0 amide bonds. The normalized spacial score (nSPS) is 17.4. The van der Waals surface area contributed by atoms with Gasteiger partial charge in [-0.05, 0) is 37.5 Å². The Morgan fingerprint density at radius 3 is 2.73 bits per heavy atom. The van der Waals surface area contributed by atoms with Crippen LogP contribution in [0.25, 0.3) is 0 Å². The smallest absolute Gasteiger partial charge is 0.125 e. The van der Waals surface area contributed by atoms with E-state index >= 15 is 0 Å². The minimum Gasteiger partial charge on any atom is -0.491 e. The molecule has 0 aliphatic carbocycles. The first kappa shape index (κ1) is 17.2. The Morgan fingerprint density at radius 2 is 2.05 bits per heavy atom. The molecule has 1 aliphatic heterocycles. The van der Waals surface area contributed by atoms with E-state index in [0.717, 1.165) is 38.0 Å². The van der Waals surface area contributed by atoms with Gasteiger partial charge in [-0.3, -0.25) is 0 Å². The Bertz CT molecular complexity index is 446. The van der Waals surface area contributed by atoms with Gasteiger partial charge in [-0.25, -0.2) is 4.39 Å². The second-order valence-corrected chi connectivity index (χ2v) is 5.37. The van der Waals surface area contributed by atoms with Crippen LogP contribution in [-0.4, -0.2) is 39.6 Å². The van der Waals surface area contributed by atoms with E-state index in [2.05, 4.69) is 0 Å². The van der Waals surface area contributed by atoms with Crippen LogP contribution in [0.15, 0.2) is 18.2 Å². The number of rotatable bonds is 8. The molecular formula is C17H25FO4. The quantitative estimate of drug-likeness (QED) is 0.689. The maximum absolute atomic E-state index is 13.7. The fraction of sp³-hybridized carbons (Fsp3) is 0.647. The molecule has 0 bridgehead atoms. The molecule has 22 heavy (non-hydrogen) atoms. The van der Waals surface area contributed by atoms with Crippen LogP contribution in [0.5, 0.6) is 5.75 Å². The molecule has 124 valence electrons. The predicted molar refractivity (Wildman–Crippen MR) is 81.7 cm³/mol. The Morgan fingerprint density at radius 1 is 1.27 bits per heavy atom. The van der Waals surface area contributed by atoms with E-state index in [9.17, 15) is 4.39 Å². The second kappa shape index (κ2) is 9.08. The van der Waals surface area contributed by atoms with Gasteiger partial charge < -0.3 is 18.9 Å². The molecule has 4 nitrogen and oxygen atoms in total. The van der Waals surface area contributed by atoms with Crippen LogP contribution >= 0.6 is 0 Å². The van der Waals surface area contributed by atoms with Crippen LogP contribution in [0, 0.1) is 5.82 Å². The SMILES string of the molecule is CC[C@H](OC1CCOCC1)c1cc(F)ccc1OCCOC. The van der Waals surface area contributed by atoms with Crippen molar-refractivity contribution in [1.82, 2.24) is 0 Å². The van der Waals surface area contributed by atoms with Crippen molar-refractivity contribution in [3.63, 3.8) is 0 Å². The summed E-state index contributed by atoms with van der Waals surface area (Å²) < 4.78 is 35.9. The fourth-order valence-corrected chi connectivity index (χ4v) is 2.57. The first-order chi connectivity index (χ1) is 10.7. The number of hydrogen-bond acceptors (Lipinski definition) is 4. The Balaban J connectivity index is 2.09. The molecule has 2 rings (SSSR count). The Labute approximate surface area is 131 Å². The van der Waals surface area contributed by atoms with Crippen LogP contribution in [-0.2, 0) is 14.2 Å². The molecule has 0 aromatic heterocycles. The van der Waals surface area contributed by atoms with Gasteiger partial charge in [-0.2, -0.15) is 0 Å². The number of methoxy groups -OCH3 is 1. The highest BCUT2D eigenvalue weighted by Crippen LogP contribution is 2.33. The molecule has 1 aliphatic rings. The van der Waals surface area contributed by atoms with Crippen molar-refractivity contribution in [1.29, 1.82) is 0 Å². The molecule has 1 atom stereocenters. The summed E-state index contributed by atoms with van der Waals surface area (Å²) in [5, 5.41) is 0. The summed E-state index contributed by atoms with van der Waals surface area (Å²) in [7, 11) is 1.62. The molecule has 1 fully saturated rings. The summed E-state index contributed by atoms with van der Waals surface area (Å²) in [6.07, 6.45) is 2.52. The van der Waals surface area contributed by atoms with Gasteiger partial charge in [0.2, 0.25) is 0 Å². The molecule has 1 aromatic carbocycles. The van der Waals surface area contributed by atoms with Crippen LogP contribution in [0.4, 0.5) is 4.39 Å². The van der Waals surface area contributed by atoms with Gasteiger partial charge in [0.15, 0.2) is 0 Å². The molecule has 5 heteroatoms. The molecule has 0 N–H and O–H groups in total. The van der Waals surface area contributed by atoms with Gasteiger partial charge in [-0.15, -0.1) is 0 Å². The zero-order valence-corrected chi connectivity index (χ0v) is 13.3. The number of ether oxygens (including phenoxy) is 4. The number of benzene rings is 1. The summed E-state index contributed by atoms with van der Waals surface area (Å²) in [6.45, 7) is 4.41. The van der Waals surface area contributed by atoms with Crippen LogP contribution < -0.4 is 4.74 Å². The van der Waals surface area contributed by atoms with E-state index in [-0.39, 0.29) is 18.0 Å². The van der Waals surface area contributed by atoms with Crippen molar-refractivity contribution in [2.24, 2.45) is 0 Å². The monoisotopic (exact) mass is 312 g/mol. The van der Waals surface area contributed by atoms with Gasteiger partial charge in [0, 0.05) is 25.9 Å². The van der Waals surface area contributed by atoms with Crippen LogP contribution in [0.3, 0.4) is 0 Å². The molecule has 1 saturated heterocycles. The van der Waals surface area contributed by atoms with Crippen LogP contribution in [0.2, 0.25) is 0 Å². The van der Waals surface area contributed by atoms with Crippen molar-refractivity contribution in [2.75, 3.05) is 33.5 Å². The number of hydrogen-bond donors (Lipinski definition) is 0. The lowest BCUT2D eigenvalue weighted by atomic mass is 10.0. The maximum Gasteiger partial charge on any atom is 0.125 e. The van der Waals surface area contributed by atoms with E-state index in [1.54, 1.807) is 13.2 Å². The largest absolute Gasteiger partial charge is 0.491 e. The van der Waals surface area contributed by atoms with Crippen molar-refractivity contribution in [3.8, 4) is 5.75 Å². The number of halogens is 1. The van der Waals surface area contributed by atoms with Crippen LogP contribution in [0.1, 0.15) is 37.9 Å². The summed E-state index contributed by atoms with van der Waals surface area (Å²) in [4.78, 5) is 0. The lowest BCUT2D eigenvalue weighted by Gasteiger charge is -2.28.